The van der Waals surface area contributed by atoms with E-state index in [9.17, 15) is 9.59 Å². The van der Waals surface area contributed by atoms with Gasteiger partial charge in [-0.3, -0.25) is 9.69 Å². The Bertz CT molecular complexity index is 892. The summed E-state index contributed by atoms with van der Waals surface area (Å²) in [6.45, 7) is 2.03. The van der Waals surface area contributed by atoms with Gasteiger partial charge in [0, 0.05) is 5.69 Å². The molecular weight excluding hydrogens is 382 g/mol. The highest BCUT2D eigenvalue weighted by molar-refractivity contribution is 8.28. The van der Waals surface area contributed by atoms with Crippen LogP contribution in [0.3, 0.4) is 0 Å². The fraction of sp³-hybridized carbons (Fsp3) is 0.211. The minimum Gasteiger partial charge on any atom is -0.461 e. The summed E-state index contributed by atoms with van der Waals surface area (Å²) in [4.78, 5) is 26.9. The van der Waals surface area contributed by atoms with Crippen molar-refractivity contribution in [3.63, 3.8) is 0 Å². The monoisotopic (exact) mass is 399 g/mol. The van der Waals surface area contributed by atoms with E-state index in [4.69, 9.17) is 4.74 Å². The molecule has 138 valence electrons. The van der Waals surface area contributed by atoms with Crippen LogP contribution in [0.15, 0.2) is 65.8 Å². The average molecular weight is 399 g/mol. The Morgan fingerprint density at radius 1 is 1.11 bits per heavy atom. The van der Waals surface area contributed by atoms with Crippen molar-refractivity contribution in [3.05, 3.63) is 60.7 Å². The summed E-state index contributed by atoms with van der Waals surface area (Å²) < 4.78 is 4.25. The largest absolute Gasteiger partial charge is 0.461 e. The van der Waals surface area contributed by atoms with Crippen molar-refractivity contribution in [1.29, 1.82) is 0 Å². The molecule has 4 rings (SSSR count). The zero-order valence-electron chi connectivity index (χ0n) is 14.6. The van der Waals surface area contributed by atoms with Gasteiger partial charge in [-0.15, -0.1) is 0 Å². The van der Waals surface area contributed by atoms with Gasteiger partial charge in [-0.25, -0.2) is 9.80 Å². The first-order valence-corrected chi connectivity index (χ1v) is 10.3. The van der Waals surface area contributed by atoms with Crippen LogP contribution in [-0.4, -0.2) is 33.6 Å². The number of hydrogen-bond acceptors (Lipinski definition) is 7. The number of esters is 1. The van der Waals surface area contributed by atoms with E-state index in [1.165, 1.54) is 23.5 Å². The number of carbonyl (C=O) groups excluding carboxylic acids is 2. The molecule has 1 spiro atoms. The maximum Gasteiger partial charge on any atom is 0.365 e. The number of thioether (sulfide) groups is 2. The van der Waals surface area contributed by atoms with Crippen molar-refractivity contribution in [3.8, 4) is 0 Å². The highest BCUT2D eigenvalue weighted by Gasteiger charge is 2.58. The molecule has 0 bridgehead atoms. The molecule has 2 aliphatic rings. The summed E-state index contributed by atoms with van der Waals surface area (Å²) >= 11 is 2.70. The number of amides is 1. The van der Waals surface area contributed by atoms with Gasteiger partial charge in [0.15, 0.2) is 0 Å². The van der Waals surface area contributed by atoms with Crippen LogP contribution in [0, 0.1) is 0 Å². The number of carbonyl (C=O) groups is 2. The molecule has 0 radical (unpaired) electrons. The molecule has 8 heteroatoms. The van der Waals surface area contributed by atoms with Crippen molar-refractivity contribution in [1.82, 2.24) is 0 Å². The van der Waals surface area contributed by atoms with Gasteiger partial charge >= 0.3 is 5.97 Å². The summed E-state index contributed by atoms with van der Waals surface area (Å²) in [5.41, 5.74) is 1.56. The Labute approximate surface area is 165 Å². The minimum absolute atomic E-state index is 0.0278. The van der Waals surface area contributed by atoms with Crippen molar-refractivity contribution < 1.29 is 14.3 Å². The van der Waals surface area contributed by atoms with Gasteiger partial charge in [-0.1, -0.05) is 48.2 Å². The average Bonchev–Trinajstić information content (AvgIpc) is 3.24. The number of ether oxygens (including phenoxy) is 1. The number of rotatable bonds is 4. The predicted octanol–water partition coefficient (Wildman–Crippen LogP) is 3.51. The van der Waals surface area contributed by atoms with Gasteiger partial charge in [-0.2, -0.15) is 5.10 Å². The molecule has 1 atom stereocenters. The molecule has 1 fully saturated rings. The topological polar surface area (TPSA) is 62.2 Å². The van der Waals surface area contributed by atoms with Crippen LogP contribution < -0.4 is 9.91 Å². The third-order valence-corrected chi connectivity index (χ3v) is 6.86. The first-order valence-electron chi connectivity index (χ1n) is 8.48. The zero-order valence-corrected chi connectivity index (χ0v) is 16.2. The van der Waals surface area contributed by atoms with Gasteiger partial charge in [-0.05, 0) is 43.0 Å². The molecule has 2 heterocycles. The third-order valence-electron chi connectivity index (χ3n) is 4.07. The van der Waals surface area contributed by atoms with Crippen molar-refractivity contribution in [2.45, 2.75) is 11.3 Å². The fourth-order valence-electron chi connectivity index (χ4n) is 2.97. The number of anilines is 2. The predicted molar refractivity (Wildman–Crippen MR) is 110 cm³/mol. The Hall–Kier alpha value is -2.45. The highest BCUT2D eigenvalue weighted by Crippen LogP contribution is 2.55. The number of para-hydroxylation sites is 2. The van der Waals surface area contributed by atoms with Gasteiger partial charge < -0.3 is 4.74 Å². The Morgan fingerprint density at radius 2 is 1.74 bits per heavy atom. The lowest BCUT2D eigenvalue weighted by atomic mass is 10.3. The molecule has 1 saturated heterocycles. The van der Waals surface area contributed by atoms with E-state index in [2.05, 4.69) is 5.10 Å². The molecule has 1 unspecified atom stereocenters. The van der Waals surface area contributed by atoms with Crippen molar-refractivity contribution in [2.24, 2.45) is 5.10 Å². The standard InChI is InChI=1S/C19H17N3O3S2/c1-2-25-18(24)17-20-22(15-11-7-4-8-12-15)19(27-17)21(16(23)13-26-19)14-9-5-3-6-10-14/h3-12H,2,13H2,1H3. The molecule has 0 aliphatic carbocycles. The molecule has 2 aliphatic heterocycles. The van der Waals surface area contributed by atoms with Crippen LogP contribution in [0.25, 0.3) is 0 Å². The van der Waals surface area contributed by atoms with E-state index < -0.39 is 10.3 Å². The normalized spacial score (nSPS) is 21.7. The molecule has 27 heavy (non-hydrogen) atoms. The Morgan fingerprint density at radius 3 is 2.37 bits per heavy atom. The van der Waals surface area contributed by atoms with E-state index >= 15 is 0 Å². The van der Waals surface area contributed by atoms with Gasteiger partial charge in [0.1, 0.15) is 0 Å². The van der Waals surface area contributed by atoms with Crippen LogP contribution in [0.4, 0.5) is 11.4 Å². The van der Waals surface area contributed by atoms with Crippen LogP contribution in [-0.2, 0) is 14.3 Å². The summed E-state index contributed by atoms with van der Waals surface area (Å²) in [7, 11) is 0. The molecule has 0 N–H and O–H groups in total. The van der Waals surface area contributed by atoms with E-state index in [1.807, 2.05) is 60.7 Å². The summed E-state index contributed by atoms with van der Waals surface area (Å²) in [5, 5.41) is 6.53. The van der Waals surface area contributed by atoms with Gasteiger partial charge in [0.05, 0.1) is 18.0 Å². The number of hydrazone groups is 1. The van der Waals surface area contributed by atoms with Crippen molar-refractivity contribution in [2.75, 3.05) is 22.3 Å². The quantitative estimate of drug-likeness (QED) is 0.734. The lowest BCUT2D eigenvalue weighted by Gasteiger charge is -2.38. The number of hydrogen-bond donors (Lipinski definition) is 0. The Kier molecular flexibility index (Phi) is 4.84. The number of benzene rings is 2. The maximum absolute atomic E-state index is 12.8. The summed E-state index contributed by atoms with van der Waals surface area (Å²) in [6.07, 6.45) is 0. The third kappa shape index (κ3) is 3.08. The van der Waals surface area contributed by atoms with Gasteiger partial charge in [0.2, 0.25) is 15.3 Å². The number of nitrogens with zero attached hydrogens (tertiary/aromatic N) is 3. The van der Waals surface area contributed by atoms with Crippen LogP contribution in [0.1, 0.15) is 6.92 Å². The second-order valence-corrected chi connectivity index (χ2v) is 8.34. The van der Waals surface area contributed by atoms with Crippen LogP contribution in [0.2, 0.25) is 0 Å². The maximum atomic E-state index is 12.8. The van der Waals surface area contributed by atoms with E-state index in [0.717, 1.165) is 11.4 Å². The first kappa shape index (κ1) is 17.9. The summed E-state index contributed by atoms with van der Waals surface area (Å²) in [5.74, 6) is -0.204. The molecule has 0 saturated carbocycles. The molecule has 6 nitrogen and oxygen atoms in total. The highest BCUT2D eigenvalue weighted by atomic mass is 32.2. The molecule has 2 aromatic carbocycles. The van der Waals surface area contributed by atoms with E-state index in [-0.39, 0.29) is 17.6 Å². The first-order chi connectivity index (χ1) is 13.2. The van der Waals surface area contributed by atoms with Crippen LogP contribution in [0.5, 0.6) is 0 Å². The second kappa shape index (κ2) is 7.28. The van der Waals surface area contributed by atoms with Gasteiger partial charge in [0.25, 0.3) is 0 Å². The Balaban J connectivity index is 1.81. The van der Waals surface area contributed by atoms with Crippen LogP contribution >= 0.6 is 23.5 Å². The zero-order chi connectivity index (χ0) is 18.9. The van der Waals surface area contributed by atoms with E-state index in [1.54, 1.807) is 16.8 Å². The minimum atomic E-state index is -0.901. The SMILES string of the molecule is CCOC(=O)C1=NN(c2ccccc2)C2(SCC(=O)N2c2ccccc2)S1. The molecular formula is C19H17N3O3S2. The second-order valence-electron chi connectivity index (χ2n) is 5.78. The van der Waals surface area contributed by atoms with Crippen molar-refractivity contribution >= 4 is 51.8 Å². The molecule has 2 aromatic rings. The molecule has 0 aromatic heterocycles. The fourth-order valence-corrected chi connectivity index (χ4v) is 5.71. The lowest BCUT2D eigenvalue weighted by Crippen LogP contribution is -2.51. The smallest absolute Gasteiger partial charge is 0.365 e. The van der Waals surface area contributed by atoms with E-state index in [0.29, 0.717) is 5.75 Å². The molecule has 1 amide bonds. The summed E-state index contributed by atoms with van der Waals surface area (Å²) in [6, 6.07) is 19.0. The lowest BCUT2D eigenvalue weighted by molar-refractivity contribution is -0.134.